The smallest absolute Gasteiger partial charge is 0.167 e. The highest BCUT2D eigenvalue weighted by molar-refractivity contribution is 6.36. The number of carbonyl (C=O) groups excluding carboxylic acids is 2. The maximum Gasteiger partial charge on any atom is 0.167 e. The number of allylic oxidation sites excluding steroid dienone is 2. The summed E-state index contributed by atoms with van der Waals surface area (Å²) in [4.78, 5) is 22.3. The fraction of sp³-hybridized carbons (Fsp3) is 0.556. The third-order valence-corrected chi connectivity index (χ3v) is 2.33. The predicted molar refractivity (Wildman–Crippen MR) is 47.0 cm³/mol. The van der Waals surface area contributed by atoms with Crippen molar-refractivity contribution in [3.63, 3.8) is 0 Å². The maximum absolute atomic E-state index is 11.3. The normalized spacial score (nSPS) is 19.3. The molecule has 1 rings (SSSR count). The average Bonchev–Trinajstić information content (AvgIpc) is 2.11. The topological polar surface area (TPSA) is 34.1 Å². The monoisotopic (exact) mass is 186 g/mol. The van der Waals surface area contributed by atoms with E-state index in [0.29, 0.717) is 17.9 Å². The predicted octanol–water partition coefficient (Wildman–Crippen LogP) is 2.21. The Morgan fingerprint density at radius 2 is 1.92 bits per heavy atom. The molecule has 0 aromatic carbocycles. The number of Topliss-reactive ketones (excluding diaryl/α,β-unsaturated/α-hetero) is 2. The highest BCUT2D eigenvalue weighted by Crippen LogP contribution is 2.24. The number of ketones is 2. The lowest BCUT2D eigenvalue weighted by Crippen LogP contribution is -2.09. The van der Waals surface area contributed by atoms with Gasteiger partial charge in [-0.1, -0.05) is 11.6 Å². The molecular formula is C9H11ClO2. The molecule has 0 N–H and O–H groups in total. The van der Waals surface area contributed by atoms with Gasteiger partial charge in [0.2, 0.25) is 0 Å². The molecule has 0 heterocycles. The van der Waals surface area contributed by atoms with E-state index in [0.717, 1.165) is 12.8 Å². The highest BCUT2D eigenvalue weighted by atomic mass is 35.5. The van der Waals surface area contributed by atoms with E-state index < -0.39 is 0 Å². The zero-order valence-electron chi connectivity index (χ0n) is 7.02. The maximum atomic E-state index is 11.3. The summed E-state index contributed by atoms with van der Waals surface area (Å²) in [6, 6.07) is 0. The molecule has 0 saturated heterocycles. The Balaban J connectivity index is 2.99. The van der Waals surface area contributed by atoms with E-state index in [4.69, 9.17) is 11.6 Å². The zero-order chi connectivity index (χ0) is 9.14. The molecule has 0 unspecified atom stereocenters. The second-order valence-electron chi connectivity index (χ2n) is 2.97. The lowest BCUT2D eigenvalue weighted by molar-refractivity contribution is -0.120. The minimum atomic E-state index is -0.202. The number of hydrogen-bond donors (Lipinski definition) is 0. The fourth-order valence-electron chi connectivity index (χ4n) is 1.35. The summed E-state index contributed by atoms with van der Waals surface area (Å²) in [6.07, 6.45) is 2.88. The van der Waals surface area contributed by atoms with Crippen LogP contribution in [-0.4, -0.2) is 11.6 Å². The van der Waals surface area contributed by atoms with E-state index in [1.54, 1.807) is 0 Å². The molecule has 0 amide bonds. The Hall–Kier alpha value is -0.630. The van der Waals surface area contributed by atoms with E-state index in [2.05, 4.69) is 0 Å². The summed E-state index contributed by atoms with van der Waals surface area (Å²) < 4.78 is 0. The second kappa shape index (κ2) is 3.85. The molecule has 0 aromatic heterocycles. The van der Waals surface area contributed by atoms with Crippen LogP contribution in [0, 0.1) is 0 Å². The largest absolute Gasteiger partial charge is 0.294 e. The van der Waals surface area contributed by atoms with E-state index >= 15 is 0 Å². The summed E-state index contributed by atoms with van der Waals surface area (Å²) >= 11 is 5.81. The minimum absolute atomic E-state index is 0.0926. The van der Waals surface area contributed by atoms with Gasteiger partial charge in [-0.2, -0.15) is 0 Å². The Morgan fingerprint density at radius 3 is 2.50 bits per heavy atom. The molecule has 0 aromatic rings. The molecule has 0 fully saturated rings. The van der Waals surface area contributed by atoms with Crippen LogP contribution >= 0.6 is 11.6 Å². The summed E-state index contributed by atoms with van der Waals surface area (Å²) in [6.45, 7) is 1.39. The highest BCUT2D eigenvalue weighted by Gasteiger charge is 2.20. The van der Waals surface area contributed by atoms with E-state index in [-0.39, 0.29) is 17.1 Å². The first-order valence-electron chi connectivity index (χ1n) is 4.05. The van der Waals surface area contributed by atoms with Gasteiger partial charge in [-0.15, -0.1) is 0 Å². The van der Waals surface area contributed by atoms with Crippen molar-refractivity contribution in [1.29, 1.82) is 0 Å². The van der Waals surface area contributed by atoms with Crippen LogP contribution in [0.4, 0.5) is 0 Å². The van der Waals surface area contributed by atoms with Crippen LogP contribution in [-0.2, 0) is 9.59 Å². The summed E-state index contributed by atoms with van der Waals surface area (Å²) in [5, 5.41) is 0.449. The molecule has 0 radical (unpaired) electrons. The Kier molecular flexibility index (Phi) is 3.04. The minimum Gasteiger partial charge on any atom is -0.294 e. The van der Waals surface area contributed by atoms with Gasteiger partial charge in [0.05, 0.1) is 5.57 Å². The van der Waals surface area contributed by atoms with Gasteiger partial charge in [-0.05, 0) is 26.2 Å². The van der Waals surface area contributed by atoms with Crippen molar-refractivity contribution in [2.24, 2.45) is 0 Å². The third-order valence-electron chi connectivity index (χ3n) is 1.95. The SMILES string of the molecule is CC(=O)C1=C(Cl)CCCCC1=O. The summed E-state index contributed by atoms with van der Waals surface area (Å²) in [5.74, 6) is -0.295. The van der Waals surface area contributed by atoms with Crippen LogP contribution in [0.15, 0.2) is 10.6 Å². The van der Waals surface area contributed by atoms with Gasteiger partial charge in [0.25, 0.3) is 0 Å². The van der Waals surface area contributed by atoms with Gasteiger partial charge >= 0.3 is 0 Å². The summed E-state index contributed by atoms with van der Waals surface area (Å²) in [5.41, 5.74) is 0.231. The first-order valence-corrected chi connectivity index (χ1v) is 4.43. The Labute approximate surface area is 76.6 Å². The molecule has 0 bridgehead atoms. The Morgan fingerprint density at radius 1 is 1.33 bits per heavy atom. The number of carbonyl (C=O) groups is 2. The van der Waals surface area contributed by atoms with Gasteiger partial charge in [0, 0.05) is 11.5 Å². The molecular weight excluding hydrogens is 176 g/mol. The molecule has 0 atom stereocenters. The molecule has 0 aliphatic heterocycles. The van der Waals surface area contributed by atoms with Crippen molar-refractivity contribution in [2.45, 2.75) is 32.6 Å². The molecule has 1 aliphatic rings. The molecule has 0 saturated carbocycles. The van der Waals surface area contributed by atoms with Gasteiger partial charge in [0.1, 0.15) is 0 Å². The Bertz CT molecular complexity index is 253. The van der Waals surface area contributed by atoms with Gasteiger partial charge in [0.15, 0.2) is 11.6 Å². The van der Waals surface area contributed by atoms with Crippen LogP contribution < -0.4 is 0 Å². The van der Waals surface area contributed by atoms with Gasteiger partial charge in [-0.3, -0.25) is 9.59 Å². The first kappa shape index (κ1) is 9.46. The molecule has 2 nitrogen and oxygen atoms in total. The number of hydrogen-bond acceptors (Lipinski definition) is 2. The number of halogens is 1. The van der Waals surface area contributed by atoms with Crippen LogP contribution in [0.1, 0.15) is 32.6 Å². The van der Waals surface area contributed by atoms with Crippen LogP contribution in [0.25, 0.3) is 0 Å². The fourth-order valence-corrected chi connectivity index (χ4v) is 1.73. The lowest BCUT2D eigenvalue weighted by Gasteiger charge is -2.00. The van der Waals surface area contributed by atoms with E-state index in [1.807, 2.05) is 0 Å². The summed E-state index contributed by atoms with van der Waals surface area (Å²) in [7, 11) is 0. The van der Waals surface area contributed by atoms with Crippen molar-refractivity contribution in [2.75, 3.05) is 0 Å². The molecule has 0 spiro atoms. The van der Waals surface area contributed by atoms with E-state index in [1.165, 1.54) is 6.92 Å². The quantitative estimate of drug-likeness (QED) is 0.589. The van der Waals surface area contributed by atoms with Crippen molar-refractivity contribution < 1.29 is 9.59 Å². The standard InChI is InChI=1S/C9H11ClO2/c1-6(11)9-7(10)4-2-3-5-8(9)12/h2-5H2,1H3. The van der Waals surface area contributed by atoms with E-state index in [9.17, 15) is 9.59 Å². The van der Waals surface area contributed by atoms with Crippen molar-refractivity contribution in [3.05, 3.63) is 10.6 Å². The molecule has 3 heteroatoms. The first-order chi connectivity index (χ1) is 5.63. The third kappa shape index (κ3) is 1.95. The van der Waals surface area contributed by atoms with Crippen LogP contribution in [0.3, 0.4) is 0 Å². The van der Waals surface area contributed by atoms with Gasteiger partial charge < -0.3 is 0 Å². The van der Waals surface area contributed by atoms with Crippen LogP contribution in [0.2, 0.25) is 0 Å². The van der Waals surface area contributed by atoms with Crippen molar-refractivity contribution in [1.82, 2.24) is 0 Å². The van der Waals surface area contributed by atoms with Crippen molar-refractivity contribution >= 4 is 23.2 Å². The van der Waals surface area contributed by atoms with Gasteiger partial charge in [-0.25, -0.2) is 0 Å². The van der Waals surface area contributed by atoms with Crippen LogP contribution in [0.5, 0.6) is 0 Å². The second-order valence-corrected chi connectivity index (χ2v) is 3.42. The molecule has 1 aliphatic carbocycles. The number of rotatable bonds is 1. The lowest BCUT2D eigenvalue weighted by atomic mass is 10.1. The molecule has 12 heavy (non-hydrogen) atoms. The van der Waals surface area contributed by atoms with Crippen molar-refractivity contribution in [3.8, 4) is 0 Å². The molecule has 66 valence electrons. The zero-order valence-corrected chi connectivity index (χ0v) is 7.78. The average molecular weight is 187 g/mol.